The fourth-order valence-electron chi connectivity index (χ4n) is 5.79. The average Bonchev–Trinajstić information content (AvgIpc) is 3.41. The van der Waals surface area contributed by atoms with Crippen LogP contribution in [0.15, 0.2) is 36.5 Å². The molecule has 1 unspecified atom stereocenters. The molecule has 4 heterocycles. The number of hydrogen-bond acceptors (Lipinski definition) is 7. The molecule has 5 atom stereocenters. The maximum absolute atomic E-state index is 13.3. The van der Waals surface area contributed by atoms with E-state index in [1.165, 1.54) is 29.3 Å². The van der Waals surface area contributed by atoms with E-state index in [4.69, 9.17) is 22.1 Å². The highest BCUT2D eigenvalue weighted by Gasteiger charge is 2.44. The number of aromatic nitrogens is 1. The van der Waals surface area contributed by atoms with Crippen LogP contribution in [0.5, 0.6) is 5.75 Å². The molecule has 12 heteroatoms. The summed E-state index contributed by atoms with van der Waals surface area (Å²) in [4.78, 5) is 45.7. The Hall–Kier alpha value is -3.44. The smallest absolute Gasteiger partial charge is 0.258 e. The Morgan fingerprint density at radius 3 is 2.50 bits per heavy atom. The Labute approximate surface area is 223 Å². The van der Waals surface area contributed by atoms with Crippen LogP contribution in [0.25, 0.3) is 0 Å². The van der Waals surface area contributed by atoms with Gasteiger partial charge in [0.15, 0.2) is 0 Å². The lowest BCUT2D eigenvalue weighted by Crippen LogP contribution is -2.51. The van der Waals surface area contributed by atoms with Crippen LogP contribution in [-0.4, -0.2) is 81.0 Å². The third-order valence-corrected chi connectivity index (χ3v) is 7.66. The van der Waals surface area contributed by atoms with E-state index in [0.717, 1.165) is 12.8 Å². The molecule has 38 heavy (non-hydrogen) atoms. The Morgan fingerprint density at radius 2 is 1.84 bits per heavy atom. The van der Waals surface area contributed by atoms with E-state index < -0.39 is 24.0 Å². The number of aliphatic hydroxyl groups excluding tert-OH is 1. The van der Waals surface area contributed by atoms with Crippen molar-refractivity contribution < 1.29 is 28.6 Å². The van der Waals surface area contributed by atoms with Gasteiger partial charge in [0.2, 0.25) is 11.8 Å². The average molecular weight is 546 g/mol. The predicted molar refractivity (Wildman–Crippen MR) is 136 cm³/mol. The lowest BCUT2D eigenvalue weighted by atomic mass is 9.99. The first-order valence-electron chi connectivity index (χ1n) is 12.6. The summed E-state index contributed by atoms with van der Waals surface area (Å²) in [7, 11) is 0. The molecule has 1 aromatic carbocycles. The van der Waals surface area contributed by atoms with Crippen LogP contribution in [0.1, 0.15) is 42.5 Å². The minimum absolute atomic E-state index is 0.0233. The summed E-state index contributed by atoms with van der Waals surface area (Å²) < 4.78 is 19.2. The summed E-state index contributed by atoms with van der Waals surface area (Å²) >= 11 is 6.10. The van der Waals surface area contributed by atoms with Crippen molar-refractivity contribution in [2.75, 3.05) is 18.4 Å². The monoisotopic (exact) mass is 545 g/mol. The number of hydrogen-bond donors (Lipinski definition) is 3. The number of piperidine rings is 1. The van der Waals surface area contributed by atoms with Crippen LogP contribution < -0.4 is 15.8 Å². The molecule has 5 rings (SSSR count). The number of nitrogens with one attached hydrogen (secondary N) is 1. The predicted octanol–water partition coefficient (Wildman–Crippen LogP) is 1.95. The maximum Gasteiger partial charge on any atom is 0.258 e. The second-order valence-electron chi connectivity index (χ2n) is 10.0. The molecule has 3 saturated heterocycles. The van der Waals surface area contributed by atoms with Crippen LogP contribution in [0.3, 0.4) is 0 Å². The third-order valence-electron chi connectivity index (χ3n) is 7.45. The topological polar surface area (TPSA) is 138 Å². The van der Waals surface area contributed by atoms with Gasteiger partial charge in [-0.05, 0) is 43.2 Å². The number of fused-ring (bicyclic) bond motifs is 2. The van der Waals surface area contributed by atoms with Crippen molar-refractivity contribution in [3.8, 4) is 5.75 Å². The minimum Gasteiger partial charge on any atom is -0.490 e. The van der Waals surface area contributed by atoms with Gasteiger partial charge in [-0.3, -0.25) is 14.4 Å². The number of ether oxygens (including phenoxy) is 1. The Kier molecular flexibility index (Phi) is 7.40. The molecule has 0 radical (unpaired) electrons. The molecule has 10 nitrogen and oxygen atoms in total. The second kappa shape index (κ2) is 10.7. The van der Waals surface area contributed by atoms with Gasteiger partial charge in [0.05, 0.1) is 23.2 Å². The van der Waals surface area contributed by atoms with Gasteiger partial charge < -0.3 is 30.7 Å². The van der Waals surface area contributed by atoms with Gasteiger partial charge >= 0.3 is 0 Å². The van der Waals surface area contributed by atoms with E-state index in [2.05, 4.69) is 10.3 Å². The number of halogens is 2. The molecular formula is C26H29ClFN5O5. The van der Waals surface area contributed by atoms with Crippen molar-refractivity contribution in [2.45, 2.75) is 62.4 Å². The standard InChI is InChI=1S/C26H29ClFN5O5/c27-14-7-21(26(37)32-13-18(34)10-22(32)24(29)36)25(30-11-14)31-12-23(35)33-16-3-4-17(33)9-20(8-16)38-19-5-1-15(28)2-6-19/h1-2,5-7,11,16-18,20,22,34H,3-4,8-10,12-13H2,(H2,29,36)(H,30,31)/t16-,17+,18-,20?,22-/m0/s1. The molecule has 2 aromatic rings. The van der Waals surface area contributed by atoms with Gasteiger partial charge in [0.25, 0.3) is 5.91 Å². The Bertz CT molecular complexity index is 1220. The van der Waals surface area contributed by atoms with E-state index in [1.54, 1.807) is 12.1 Å². The van der Waals surface area contributed by atoms with Gasteiger partial charge in [-0.15, -0.1) is 0 Å². The molecular weight excluding hydrogens is 517 g/mol. The van der Waals surface area contributed by atoms with Crippen LogP contribution in [-0.2, 0) is 9.59 Å². The first kappa shape index (κ1) is 26.2. The molecule has 4 N–H and O–H groups in total. The maximum atomic E-state index is 13.3. The number of primary amides is 1. The highest BCUT2D eigenvalue weighted by atomic mass is 35.5. The van der Waals surface area contributed by atoms with Crippen molar-refractivity contribution in [3.63, 3.8) is 0 Å². The van der Waals surface area contributed by atoms with Gasteiger partial charge in [0, 0.05) is 44.1 Å². The van der Waals surface area contributed by atoms with E-state index >= 15 is 0 Å². The minimum atomic E-state index is -0.944. The van der Waals surface area contributed by atoms with Crippen LogP contribution in [0.4, 0.5) is 10.2 Å². The van der Waals surface area contributed by atoms with E-state index in [0.29, 0.717) is 18.6 Å². The fraction of sp³-hybridized carbons (Fsp3) is 0.462. The van der Waals surface area contributed by atoms with E-state index in [9.17, 15) is 23.9 Å². The molecule has 2 bridgehead atoms. The zero-order chi connectivity index (χ0) is 27.0. The van der Waals surface area contributed by atoms with E-state index in [-0.39, 0.29) is 65.8 Å². The van der Waals surface area contributed by atoms with Gasteiger partial charge in [-0.25, -0.2) is 9.37 Å². The molecule has 3 fully saturated rings. The first-order valence-corrected chi connectivity index (χ1v) is 13.0. The highest BCUT2D eigenvalue weighted by molar-refractivity contribution is 6.31. The van der Waals surface area contributed by atoms with Crippen molar-refractivity contribution >= 4 is 35.1 Å². The fourth-order valence-corrected chi connectivity index (χ4v) is 5.95. The van der Waals surface area contributed by atoms with Crippen LogP contribution >= 0.6 is 11.6 Å². The summed E-state index contributed by atoms with van der Waals surface area (Å²) in [6.07, 6.45) is 3.57. The molecule has 3 aliphatic heterocycles. The molecule has 3 aliphatic rings. The normalized spacial score (nSPS) is 26.3. The number of benzene rings is 1. The number of aliphatic hydroxyl groups is 1. The van der Waals surface area contributed by atoms with Crippen LogP contribution in [0.2, 0.25) is 5.02 Å². The zero-order valence-electron chi connectivity index (χ0n) is 20.6. The number of amides is 3. The number of anilines is 1. The summed E-state index contributed by atoms with van der Waals surface area (Å²) in [5, 5.41) is 13.2. The lowest BCUT2D eigenvalue weighted by Gasteiger charge is -2.39. The number of nitrogens with two attached hydrogens (primary N) is 1. The Morgan fingerprint density at radius 1 is 1.16 bits per heavy atom. The zero-order valence-corrected chi connectivity index (χ0v) is 21.3. The van der Waals surface area contributed by atoms with Crippen molar-refractivity contribution in [2.24, 2.45) is 5.73 Å². The van der Waals surface area contributed by atoms with Crippen molar-refractivity contribution in [3.05, 3.63) is 52.9 Å². The van der Waals surface area contributed by atoms with Gasteiger partial charge in [-0.1, -0.05) is 11.6 Å². The first-order chi connectivity index (χ1) is 18.2. The number of likely N-dealkylation sites (tertiary alicyclic amines) is 1. The van der Waals surface area contributed by atoms with Crippen LogP contribution in [0, 0.1) is 5.82 Å². The van der Waals surface area contributed by atoms with Crippen molar-refractivity contribution in [1.29, 1.82) is 0 Å². The Balaban J connectivity index is 1.24. The molecule has 1 aromatic heterocycles. The van der Waals surface area contributed by atoms with Gasteiger partial charge in [0.1, 0.15) is 29.5 Å². The van der Waals surface area contributed by atoms with E-state index in [1.807, 2.05) is 4.90 Å². The summed E-state index contributed by atoms with van der Waals surface area (Å²) in [6.45, 7) is -0.136. The summed E-state index contributed by atoms with van der Waals surface area (Å²) in [6, 6.07) is 6.44. The lowest BCUT2D eigenvalue weighted by molar-refractivity contribution is -0.135. The summed E-state index contributed by atoms with van der Waals surface area (Å²) in [5.74, 6) is -0.965. The third kappa shape index (κ3) is 5.39. The number of β-amino-alcohol motifs (C(OH)–C–C–N with tert-alkyl or cyclic N) is 1. The number of rotatable bonds is 7. The molecule has 0 saturated carbocycles. The highest BCUT2D eigenvalue weighted by Crippen LogP contribution is 2.37. The molecule has 3 amide bonds. The molecule has 0 spiro atoms. The second-order valence-corrected chi connectivity index (χ2v) is 10.5. The number of pyridine rings is 1. The largest absolute Gasteiger partial charge is 0.490 e. The molecule has 0 aliphatic carbocycles. The SMILES string of the molecule is NC(=O)[C@@H]1C[C@H](O)CN1C(=O)c1cc(Cl)cnc1NCC(=O)N1[C@@H]2CC[C@H]1CC(Oc1ccc(F)cc1)C2. The van der Waals surface area contributed by atoms with Gasteiger partial charge in [-0.2, -0.15) is 0 Å². The van der Waals surface area contributed by atoms with Crippen molar-refractivity contribution in [1.82, 2.24) is 14.8 Å². The number of nitrogens with zero attached hydrogens (tertiary/aromatic N) is 3. The quantitative estimate of drug-likeness (QED) is 0.483. The number of carbonyl (C=O) groups is 3. The molecule has 202 valence electrons. The number of carbonyl (C=O) groups excluding carboxylic acids is 3. The summed E-state index contributed by atoms with van der Waals surface area (Å²) in [5.41, 5.74) is 5.51.